The molecule has 5 aromatic rings. The Morgan fingerprint density at radius 1 is 0.848 bits per heavy atom. The summed E-state index contributed by atoms with van der Waals surface area (Å²) in [7, 11) is 0. The third kappa shape index (κ3) is 3.84. The maximum atomic E-state index is 13.7. The summed E-state index contributed by atoms with van der Waals surface area (Å²) in [6.45, 7) is 4.28. The van der Waals surface area contributed by atoms with Crippen LogP contribution in [-0.4, -0.2) is 19.3 Å². The van der Waals surface area contributed by atoms with Gasteiger partial charge in [0.1, 0.15) is 11.2 Å². The van der Waals surface area contributed by atoms with Crippen LogP contribution in [0.1, 0.15) is 25.3 Å². The molecule has 0 bridgehead atoms. The summed E-state index contributed by atoms with van der Waals surface area (Å²) in [6, 6.07) is 22.8. The molecule has 0 amide bonds. The molecule has 0 spiro atoms. The van der Waals surface area contributed by atoms with E-state index in [1.807, 2.05) is 42.5 Å². The highest BCUT2D eigenvalue weighted by Gasteiger charge is 2.19. The van der Waals surface area contributed by atoms with E-state index >= 15 is 0 Å². The van der Waals surface area contributed by atoms with E-state index in [9.17, 15) is 4.79 Å². The topological polar surface area (TPSA) is 52.7 Å². The van der Waals surface area contributed by atoms with E-state index in [4.69, 9.17) is 28.2 Å². The Hall–Kier alpha value is -3.41. The maximum absolute atomic E-state index is 13.7. The minimum absolute atomic E-state index is 0.233. The van der Waals surface area contributed by atoms with Crippen LogP contribution in [0.15, 0.2) is 83.8 Å². The lowest BCUT2D eigenvalue weighted by atomic mass is 10.0. The maximum Gasteiger partial charge on any atom is 0.269 e. The standard InChI is InChI=1S/C26H20Cl2N4O/c1-16(2)17-8-10-18(11-9-17)24-30-25-21(15-29-32(25)19-6-4-3-5-7-19)26(33)31(24)20-12-13-22(27)23(28)14-20/h3-16H,1-2H3. The molecule has 164 valence electrons. The van der Waals surface area contributed by atoms with Crippen molar-refractivity contribution in [3.05, 3.63) is 105 Å². The quantitative estimate of drug-likeness (QED) is 0.292. The van der Waals surface area contributed by atoms with Crippen molar-refractivity contribution in [3.8, 4) is 22.8 Å². The molecule has 3 aromatic carbocycles. The lowest BCUT2D eigenvalue weighted by Crippen LogP contribution is -2.22. The molecule has 0 N–H and O–H groups in total. The highest BCUT2D eigenvalue weighted by atomic mass is 35.5. The summed E-state index contributed by atoms with van der Waals surface area (Å²) < 4.78 is 3.24. The van der Waals surface area contributed by atoms with E-state index in [1.165, 1.54) is 5.56 Å². The van der Waals surface area contributed by atoms with Gasteiger partial charge in [0.05, 0.1) is 27.6 Å². The minimum Gasteiger partial charge on any atom is -0.268 e. The van der Waals surface area contributed by atoms with Crippen LogP contribution in [-0.2, 0) is 0 Å². The average molecular weight is 475 g/mol. The largest absolute Gasteiger partial charge is 0.269 e. The van der Waals surface area contributed by atoms with E-state index in [2.05, 4.69) is 31.1 Å². The Kier molecular flexibility index (Phi) is 5.52. The van der Waals surface area contributed by atoms with E-state index in [-0.39, 0.29) is 5.56 Å². The molecule has 0 fully saturated rings. The minimum atomic E-state index is -0.233. The summed E-state index contributed by atoms with van der Waals surface area (Å²) in [4.78, 5) is 18.7. The number of nitrogens with zero attached hydrogens (tertiary/aromatic N) is 4. The van der Waals surface area contributed by atoms with Crippen LogP contribution in [0, 0.1) is 0 Å². The molecule has 0 aliphatic rings. The number of hydrogen-bond acceptors (Lipinski definition) is 3. The smallest absolute Gasteiger partial charge is 0.268 e. The lowest BCUT2D eigenvalue weighted by Gasteiger charge is -2.15. The first-order valence-electron chi connectivity index (χ1n) is 10.6. The average Bonchev–Trinajstić information content (AvgIpc) is 3.26. The van der Waals surface area contributed by atoms with Gasteiger partial charge in [-0.3, -0.25) is 9.36 Å². The zero-order chi connectivity index (χ0) is 23.1. The number of fused-ring (bicyclic) bond motifs is 1. The summed E-state index contributed by atoms with van der Waals surface area (Å²) in [6.07, 6.45) is 1.55. The van der Waals surface area contributed by atoms with Gasteiger partial charge in [-0.05, 0) is 41.8 Å². The van der Waals surface area contributed by atoms with Crippen molar-refractivity contribution in [2.24, 2.45) is 0 Å². The summed E-state index contributed by atoms with van der Waals surface area (Å²) in [5, 5.41) is 5.65. The predicted molar refractivity (Wildman–Crippen MR) is 134 cm³/mol. The van der Waals surface area contributed by atoms with Gasteiger partial charge in [0, 0.05) is 5.56 Å². The molecule has 0 saturated carbocycles. The molecule has 5 nitrogen and oxygen atoms in total. The summed E-state index contributed by atoms with van der Waals surface area (Å²) >= 11 is 12.4. The van der Waals surface area contributed by atoms with Crippen molar-refractivity contribution >= 4 is 34.2 Å². The fourth-order valence-corrected chi connectivity index (χ4v) is 4.09. The Labute approximate surface area is 200 Å². The van der Waals surface area contributed by atoms with Crippen molar-refractivity contribution in [1.29, 1.82) is 0 Å². The molecule has 0 aliphatic carbocycles. The molecule has 5 rings (SSSR count). The Balaban J connectivity index is 1.82. The molecular weight excluding hydrogens is 455 g/mol. The molecular formula is C26H20Cl2N4O. The van der Waals surface area contributed by atoms with Gasteiger partial charge in [-0.15, -0.1) is 0 Å². The molecule has 33 heavy (non-hydrogen) atoms. The molecule has 0 aliphatic heterocycles. The van der Waals surface area contributed by atoms with Gasteiger partial charge in [0.25, 0.3) is 5.56 Å². The zero-order valence-electron chi connectivity index (χ0n) is 18.0. The SMILES string of the molecule is CC(C)c1ccc(-c2nc3c(cnn3-c3ccccc3)c(=O)n2-c2ccc(Cl)c(Cl)c2)cc1. The highest BCUT2D eigenvalue weighted by molar-refractivity contribution is 6.42. The third-order valence-electron chi connectivity index (χ3n) is 5.60. The second kappa shape index (κ2) is 8.50. The van der Waals surface area contributed by atoms with E-state index in [1.54, 1.807) is 33.6 Å². The fraction of sp³-hybridized carbons (Fsp3) is 0.115. The van der Waals surface area contributed by atoms with Gasteiger partial charge in [0.2, 0.25) is 0 Å². The number of aromatic nitrogens is 4. The van der Waals surface area contributed by atoms with Crippen LogP contribution in [0.4, 0.5) is 0 Å². The molecule has 0 atom stereocenters. The summed E-state index contributed by atoms with van der Waals surface area (Å²) in [5.41, 5.74) is 3.68. The Morgan fingerprint density at radius 2 is 1.58 bits per heavy atom. The lowest BCUT2D eigenvalue weighted by molar-refractivity contribution is 0.866. The van der Waals surface area contributed by atoms with Crippen molar-refractivity contribution < 1.29 is 0 Å². The van der Waals surface area contributed by atoms with Crippen LogP contribution in [0.25, 0.3) is 33.8 Å². The van der Waals surface area contributed by atoms with Crippen molar-refractivity contribution in [2.75, 3.05) is 0 Å². The first kappa shape index (κ1) is 21.4. The van der Waals surface area contributed by atoms with Gasteiger partial charge in [-0.25, -0.2) is 9.67 Å². The second-order valence-corrected chi connectivity index (χ2v) is 8.89. The molecule has 0 unspecified atom stereocenters. The molecule has 0 radical (unpaired) electrons. The monoisotopic (exact) mass is 474 g/mol. The number of hydrogen-bond donors (Lipinski definition) is 0. The van der Waals surface area contributed by atoms with Crippen molar-refractivity contribution in [1.82, 2.24) is 19.3 Å². The van der Waals surface area contributed by atoms with Gasteiger partial charge in [-0.1, -0.05) is 79.5 Å². The molecule has 2 aromatic heterocycles. The van der Waals surface area contributed by atoms with E-state index < -0.39 is 0 Å². The van der Waals surface area contributed by atoms with Gasteiger partial charge in [0.15, 0.2) is 5.65 Å². The first-order chi connectivity index (χ1) is 15.9. The van der Waals surface area contributed by atoms with Crippen LogP contribution < -0.4 is 5.56 Å². The Bertz CT molecular complexity index is 1520. The third-order valence-corrected chi connectivity index (χ3v) is 6.34. The van der Waals surface area contributed by atoms with Crippen molar-refractivity contribution in [3.63, 3.8) is 0 Å². The fourth-order valence-electron chi connectivity index (χ4n) is 3.80. The van der Waals surface area contributed by atoms with E-state index in [0.717, 1.165) is 11.3 Å². The van der Waals surface area contributed by atoms with Gasteiger partial charge < -0.3 is 0 Å². The van der Waals surface area contributed by atoms with Crippen LogP contribution in [0.5, 0.6) is 0 Å². The number of halogens is 2. The number of benzene rings is 3. The van der Waals surface area contributed by atoms with Crippen LogP contribution >= 0.6 is 23.2 Å². The zero-order valence-corrected chi connectivity index (χ0v) is 19.5. The predicted octanol–water partition coefficient (Wildman–Crippen LogP) is 6.67. The van der Waals surface area contributed by atoms with Crippen molar-refractivity contribution in [2.45, 2.75) is 19.8 Å². The number of rotatable bonds is 4. The van der Waals surface area contributed by atoms with Gasteiger partial charge >= 0.3 is 0 Å². The molecule has 0 saturated heterocycles. The molecule has 2 heterocycles. The number of para-hydroxylation sites is 1. The van der Waals surface area contributed by atoms with Crippen LogP contribution in [0.2, 0.25) is 10.0 Å². The summed E-state index contributed by atoms with van der Waals surface area (Å²) in [5.74, 6) is 0.894. The normalized spacial score (nSPS) is 11.4. The van der Waals surface area contributed by atoms with E-state index in [0.29, 0.717) is 38.5 Å². The highest BCUT2D eigenvalue weighted by Crippen LogP contribution is 2.28. The second-order valence-electron chi connectivity index (χ2n) is 8.08. The molecule has 7 heteroatoms. The Morgan fingerprint density at radius 3 is 2.24 bits per heavy atom. The van der Waals surface area contributed by atoms with Gasteiger partial charge in [-0.2, -0.15) is 5.10 Å². The van der Waals surface area contributed by atoms with Crippen LogP contribution in [0.3, 0.4) is 0 Å². The first-order valence-corrected chi connectivity index (χ1v) is 11.3.